The summed E-state index contributed by atoms with van der Waals surface area (Å²) in [5.41, 5.74) is -3.58. The molecule has 0 aromatic heterocycles. The molecule has 0 rings (SSSR count). The summed E-state index contributed by atoms with van der Waals surface area (Å²) in [4.78, 5) is 10.9. The Morgan fingerprint density at radius 3 is 1.50 bits per heavy atom. The molecule has 0 amide bonds. The first-order valence-electron chi connectivity index (χ1n) is 5.58. The highest BCUT2D eigenvalue weighted by molar-refractivity contribution is 5.78. The Labute approximate surface area is 126 Å². The number of aliphatic hydroxyl groups is 1. The van der Waals surface area contributed by atoms with Gasteiger partial charge >= 0.3 is 35.8 Å². The van der Waals surface area contributed by atoms with Crippen molar-refractivity contribution in [2.75, 3.05) is 7.11 Å². The predicted octanol–water partition coefficient (Wildman–Crippen LogP) is 3.40. The Hall–Kier alpha value is -1.34. The third-order valence-corrected chi connectivity index (χ3v) is 2.80. The molecule has 0 spiro atoms. The third kappa shape index (κ3) is 3.37. The molecule has 24 heavy (non-hydrogen) atoms. The minimum Gasteiger partial charge on any atom is -0.467 e. The molecule has 0 saturated carbocycles. The van der Waals surface area contributed by atoms with E-state index in [1.165, 1.54) is 0 Å². The van der Waals surface area contributed by atoms with Gasteiger partial charge in [-0.05, 0) is 6.92 Å². The summed E-state index contributed by atoms with van der Waals surface area (Å²) in [6.45, 7) is 0.0862. The van der Waals surface area contributed by atoms with E-state index in [0.717, 1.165) is 0 Å². The van der Waals surface area contributed by atoms with E-state index in [-0.39, 0.29) is 6.92 Å². The summed E-state index contributed by atoms with van der Waals surface area (Å²) in [5.74, 6) is -30.8. The monoisotopic (exact) mass is 386 g/mol. The lowest BCUT2D eigenvalue weighted by atomic mass is 9.89. The van der Waals surface area contributed by atoms with Crippen molar-refractivity contribution >= 4 is 5.97 Å². The van der Waals surface area contributed by atoms with Gasteiger partial charge in [0, 0.05) is 0 Å². The van der Waals surface area contributed by atoms with Gasteiger partial charge in [-0.2, -0.15) is 48.3 Å². The average Bonchev–Trinajstić information content (AvgIpc) is 2.34. The highest BCUT2D eigenvalue weighted by Gasteiger charge is 2.87. The normalized spacial score (nSPS) is 17.4. The van der Waals surface area contributed by atoms with Crippen molar-refractivity contribution in [1.82, 2.24) is 0 Å². The molecule has 0 aliphatic heterocycles. The van der Waals surface area contributed by atoms with E-state index >= 15 is 0 Å². The van der Waals surface area contributed by atoms with Gasteiger partial charge in [0.15, 0.2) is 5.60 Å². The molecule has 1 N–H and O–H groups in total. The molecule has 144 valence electrons. The minimum absolute atomic E-state index is 0.0862. The summed E-state index contributed by atoms with van der Waals surface area (Å²) in [7, 11) is 0.472. The van der Waals surface area contributed by atoms with E-state index in [4.69, 9.17) is 5.11 Å². The Bertz CT molecular complexity index is 481. The van der Waals surface area contributed by atoms with Crippen LogP contribution in [0.15, 0.2) is 0 Å². The van der Waals surface area contributed by atoms with Gasteiger partial charge in [0.25, 0.3) is 0 Å². The molecule has 0 aromatic rings. The number of methoxy groups -OCH3 is 1. The standard InChI is InChI=1S/C10H9F11O3/c1-5(23,4(22)24-2)3-6(11,12)7(13,14)8(15,16)9(17,18)10(19,20)21/h23H,3H2,1-2H3. The molecule has 1 atom stereocenters. The van der Waals surface area contributed by atoms with Crippen LogP contribution < -0.4 is 0 Å². The van der Waals surface area contributed by atoms with Crippen molar-refractivity contribution in [1.29, 1.82) is 0 Å². The summed E-state index contributed by atoms with van der Waals surface area (Å²) in [5, 5.41) is 9.17. The van der Waals surface area contributed by atoms with Crippen LogP contribution in [0.2, 0.25) is 0 Å². The lowest BCUT2D eigenvalue weighted by molar-refractivity contribution is -0.424. The van der Waals surface area contributed by atoms with Crippen molar-refractivity contribution in [3.63, 3.8) is 0 Å². The number of rotatable bonds is 6. The third-order valence-electron chi connectivity index (χ3n) is 2.80. The van der Waals surface area contributed by atoms with Gasteiger partial charge in [-0.3, -0.25) is 0 Å². The molecule has 0 radical (unpaired) electrons. The van der Waals surface area contributed by atoms with Gasteiger partial charge in [-0.1, -0.05) is 0 Å². The van der Waals surface area contributed by atoms with E-state index in [2.05, 4.69) is 4.74 Å². The summed E-state index contributed by atoms with van der Waals surface area (Å²) < 4.78 is 143. The zero-order valence-corrected chi connectivity index (χ0v) is 11.6. The van der Waals surface area contributed by atoms with Gasteiger partial charge in [-0.25, -0.2) is 4.79 Å². The second kappa shape index (κ2) is 5.88. The van der Waals surface area contributed by atoms with Crippen molar-refractivity contribution in [2.24, 2.45) is 0 Å². The topological polar surface area (TPSA) is 46.5 Å². The van der Waals surface area contributed by atoms with Crippen LogP contribution in [-0.4, -0.2) is 53.7 Å². The number of hydrogen-bond acceptors (Lipinski definition) is 3. The number of hydrogen-bond donors (Lipinski definition) is 1. The summed E-state index contributed by atoms with van der Waals surface area (Å²) >= 11 is 0. The fourth-order valence-electron chi connectivity index (χ4n) is 1.44. The molecule has 14 heteroatoms. The van der Waals surface area contributed by atoms with Crippen molar-refractivity contribution < 1.29 is 62.9 Å². The number of ether oxygens (including phenoxy) is 1. The Kier molecular flexibility index (Phi) is 5.55. The van der Waals surface area contributed by atoms with E-state index in [1.807, 2.05) is 0 Å². The molecular formula is C10H9F11O3. The molecule has 0 saturated heterocycles. The smallest absolute Gasteiger partial charge is 0.460 e. The second-order valence-electron chi connectivity index (χ2n) is 4.87. The maximum atomic E-state index is 13.3. The fourth-order valence-corrected chi connectivity index (χ4v) is 1.44. The maximum Gasteiger partial charge on any atom is 0.460 e. The Morgan fingerprint density at radius 2 is 1.21 bits per heavy atom. The maximum absolute atomic E-state index is 13.3. The molecular weight excluding hydrogens is 377 g/mol. The van der Waals surface area contributed by atoms with Crippen molar-refractivity contribution in [2.45, 2.75) is 48.8 Å². The van der Waals surface area contributed by atoms with Crippen molar-refractivity contribution in [3.8, 4) is 0 Å². The molecule has 0 aliphatic carbocycles. The van der Waals surface area contributed by atoms with Crippen LogP contribution in [0.1, 0.15) is 13.3 Å². The number of esters is 1. The average molecular weight is 386 g/mol. The van der Waals surface area contributed by atoms with Gasteiger partial charge in [0.2, 0.25) is 0 Å². The second-order valence-corrected chi connectivity index (χ2v) is 4.87. The molecule has 3 nitrogen and oxygen atoms in total. The van der Waals surface area contributed by atoms with Crippen LogP contribution in [0.5, 0.6) is 0 Å². The first-order valence-corrected chi connectivity index (χ1v) is 5.58. The largest absolute Gasteiger partial charge is 0.467 e. The van der Waals surface area contributed by atoms with Crippen LogP contribution >= 0.6 is 0 Å². The minimum atomic E-state index is -7.59. The van der Waals surface area contributed by atoms with Crippen LogP contribution in [0, 0.1) is 0 Å². The highest BCUT2D eigenvalue weighted by atomic mass is 19.4. The zero-order valence-electron chi connectivity index (χ0n) is 11.6. The van der Waals surface area contributed by atoms with Crippen LogP contribution in [-0.2, 0) is 9.53 Å². The van der Waals surface area contributed by atoms with Gasteiger partial charge in [0.1, 0.15) is 0 Å². The van der Waals surface area contributed by atoms with Crippen LogP contribution in [0.25, 0.3) is 0 Å². The fraction of sp³-hybridized carbons (Fsp3) is 0.900. The number of carbonyl (C=O) groups is 1. The first-order chi connectivity index (χ1) is 10.2. The SMILES string of the molecule is COC(=O)C(C)(O)CC(F)(F)C(F)(F)C(F)(F)C(F)(F)C(F)(F)F. The van der Waals surface area contributed by atoms with E-state index in [0.29, 0.717) is 7.11 Å². The van der Waals surface area contributed by atoms with Crippen LogP contribution in [0.3, 0.4) is 0 Å². The highest BCUT2D eigenvalue weighted by Crippen LogP contribution is 2.58. The molecule has 0 heterocycles. The number of alkyl halides is 11. The van der Waals surface area contributed by atoms with Crippen LogP contribution in [0.4, 0.5) is 48.3 Å². The quantitative estimate of drug-likeness (QED) is 0.562. The lowest BCUT2D eigenvalue weighted by Gasteiger charge is -2.38. The van der Waals surface area contributed by atoms with Gasteiger partial charge in [-0.15, -0.1) is 0 Å². The first kappa shape index (κ1) is 22.7. The molecule has 0 bridgehead atoms. The summed E-state index contributed by atoms with van der Waals surface area (Å²) in [6.07, 6.45) is -10.2. The van der Waals surface area contributed by atoms with Gasteiger partial charge < -0.3 is 9.84 Å². The molecule has 1 unspecified atom stereocenters. The van der Waals surface area contributed by atoms with E-state index < -0.39 is 47.9 Å². The summed E-state index contributed by atoms with van der Waals surface area (Å²) in [6, 6.07) is 0. The zero-order chi connectivity index (χ0) is 20.0. The van der Waals surface area contributed by atoms with E-state index in [1.54, 1.807) is 0 Å². The van der Waals surface area contributed by atoms with Crippen molar-refractivity contribution in [3.05, 3.63) is 0 Å². The molecule has 0 fully saturated rings. The molecule has 0 aromatic carbocycles. The van der Waals surface area contributed by atoms with Gasteiger partial charge in [0.05, 0.1) is 13.5 Å². The Morgan fingerprint density at radius 1 is 0.833 bits per heavy atom. The predicted molar refractivity (Wildman–Crippen MR) is 53.1 cm³/mol. The Balaban J connectivity index is 5.99. The number of halogens is 11. The molecule has 0 aliphatic rings. The lowest BCUT2D eigenvalue weighted by Crippen LogP contribution is -2.67. The number of carbonyl (C=O) groups excluding carboxylic acids is 1. The van der Waals surface area contributed by atoms with E-state index in [9.17, 15) is 53.1 Å².